The van der Waals surface area contributed by atoms with Gasteiger partial charge in [-0.2, -0.15) is 10.5 Å². The summed E-state index contributed by atoms with van der Waals surface area (Å²) in [6.45, 7) is 0. The molecule has 0 aliphatic rings. The lowest BCUT2D eigenvalue weighted by atomic mass is 10.2. The van der Waals surface area contributed by atoms with Gasteiger partial charge in [0.05, 0.1) is 23.2 Å². The topological polar surface area (TPSA) is 73.4 Å². The smallest absolute Gasteiger partial charge is 0.134 e. The van der Waals surface area contributed by atoms with Gasteiger partial charge in [-0.1, -0.05) is 96.3 Å². The van der Waals surface area contributed by atoms with E-state index in [2.05, 4.69) is 12.1 Å². The SMILES string of the molecule is N#C/C=C(\Sc1nc2ccccc2nc1S/C(=C\C#N)c1ccccc1)c1ccccc1. The van der Waals surface area contributed by atoms with Crippen LogP contribution in [0.1, 0.15) is 11.1 Å². The van der Waals surface area contributed by atoms with E-state index in [1.54, 1.807) is 0 Å². The molecule has 1 heterocycles. The standard InChI is InChI=1S/C26H16N4S2/c27-17-15-23(19-9-3-1-4-10-19)31-25-26(30-22-14-8-7-13-21(22)29-25)32-24(16-18-28)20-11-5-2-6-12-20/h1-16H/b23-15-,24-16-. The van der Waals surface area contributed by atoms with Crippen molar-refractivity contribution in [3.8, 4) is 12.1 Å². The Bertz CT molecular complexity index is 1270. The van der Waals surface area contributed by atoms with Gasteiger partial charge in [0, 0.05) is 22.0 Å². The fraction of sp³-hybridized carbons (Fsp3) is 0. The quantitative estimate of drug-likeness (QED) is 0.235. The highest BCUT2D eigenvalue weighted by molar-refractivity contribution is 8.11. The fourth-order valence-corrected chi connectivity index (χ4v) is 4.93. The number of benzene rings is 3. The largest absolute Gasteiger partial charge is 0.237 e. The minimum atomic E-state index is 0.679. The number of thioether (sulfide) groups is 2. The minimum Gasteiger partial charge on any atom is -0.237 e. The van der Waals surface area contributed by atoms with Crippen molar-refractivity contribution in [2.24, 2.45) is 0 Å². The van der Waals surface area contributed by atoms with Crippen molar-refractivity contribution in [2.45, 2.75) is 10.1 Å². The molecule has 32 heavy (non-hydrogen) atoms. The molecule has 0 saturated heterocycles. The van der Waals surface area contributed by atoms with Crippen molar-refractivity contribution >= 4 is 44.4 Å². The van der Waals surface area contributed by atoms with E-state index in [9.17, 15) is 10.5 Å². The van der Waals surface area contributed by atoms with Crippen LogP contribution in [-0.2, 0) is 0 Å². The van der Waals surface area contributed by atoms with Gasteiger partial charge in [-0.05, 0) is 23.3 Å². The number of rotatable bonds is 6. The summed E-state index contributed by atoms with van der Waals surface area (Å²) in [6.07, 6.45) is 3.04. The lowest BCUT2D eigenvalue weighted by molar-refractivity contribution is 0.976. The van der Waals surface area contributed by atoms with Crippen LogP contribution >= 0.6 is 23.5 Å². The van der Waals surface area contributed by atoms with Crippen LogP contribution in [-0.4, -0.2) is 9.97 Å². The van der Waals surface area contributed by atoms with Gasteiger partial charge in [0.1, 0.15) is 10.1 Å². The maximum Gasteiger partial charge on any atom is 0.134 e. The Morgan fingerprint density at radius 1 is 0.594 bits per heavy atom. The van der Waals surface area contributed by atoms with E-state index in [-0.39, 0.29) is 0 Å². The molecule has 0 fully saturated rings. The molecule has 4 nitrogen and oxygen atoms in total. The maximum absolute atomic E-state index is 9.36. The number of fused-ring (bicyclic) bond motifs is 1. The maximum atomic E-state index is 9.36. The second-order valence-electron chi connectivity index (χ2n) is 6.53. The summed E-state index contributed by atoms with van der Waals surface area (Å²) in [4.78, 5) is 11.3. The first-order valence-corrected chi connectivity index (χ1v) is 11.3. The molecule has 0 aliphatic heterocycles. The van der Waals surface area contributed by atoms with Gasteiger partial charge in [-0.25, -0.2) is 9.97 Å². The van der Waals surface area contributed by atoms with Crippen LogP contribution in [0.4, 0.5) is 0 Å². The fourth-order valence-electron chi connectivity index (χ4n) is 2.97. The van der Waals surface area contributed by atoms with E-state index in [0.717, 1.165) is 32.0 Å². The van der Waals surface area contributed by atoms with Crippen molar-refractivity contribution in [3.05, 3.63) is 108 Å². The molecule has 6 heteroatoms. The van der Waals surface area contributed by atoms with E-state index in [0.29, 0.717) is 10.1 Å². The van der Waals surface area contributed by atoms with Crippen molar-refractivity contribution in [3.63, 3.8) is 0 Å². The van der Waals surface area contributed by atoms with Gasteiger partial charge >= 0.3 is 0 Å². The Hall–Kier alpha value is -3.84. The van der Waals surface area contributed by atoms with E-state index < -0.39 is 0 Å². The summed E-state index contributed by atoms with van der Waals surface area (Å²) in [7, 11) is 0. The Morgan fingerprint density at radius 3 is 1.34 bits per heavy atom. The predicted octanol–water partition coefficient (Wildman–Crippen LogP) is 6.94. The molecule has 3 aromatic carbocycles. The van der Waals surface area contributed by atoms with Crippen LogP contribution in [0.5, 0.6) is 0 Å². The van der Waals surface area contributed by atoms with Crippen molar-refractivity contribution in [2.75, 3.05) is 0 Å². The highest BCUT2D eigenvalue weighted by Gasteiger charge is 2.16. The molecule has 0 N–H and O–H groups in total. The number of nitriles is 2. The van der Waals surface area contributed by atoms with E-state index in [4.69, 9.17) is 9.97 Å². The molecule has 4 aromatic rings. The van der Waals surface area contributed by atoms with E-state index >= 15 is 0 Å². The monoisotopic (exact) mass is 448 g/mol. The summed E-state index contributed by atoms with van der Waals surface area (Å²) in [6, 6.07) is 31.4. The highest BCUT2D eigenvalue weighted by atomic mass is 32.2. The van der Waals surface area contributed by atoms with Crippen LogP contribution in [0, 0.1) is 22.7 Å². The van der Waals surface area contributed by atoms with Crippen LogP contribution in [0.3, 0.4) is 0 Å². The van der Waals surface area contributed by atoms with Gasteiger partial charge in [-0.15, -0.1) is 0 Å². The van der Waals surface area contributed by atoms with Gasteiger partial charge in [0.25, 0.3) is 0 Å². The molecular weight excluding hydrogens is 432 g/mol. The normalized spacial score (nSPS) is 11.7. The number of hydrogen-bond acceptors (Lipinski definition) is 6. The molecule has 0 aliphatic carbocycles. The van der Waals surface area contributed by atoms with Gasteiger partial charge in [0.15, 0.2) is 0 Å². The van der Waals surface area contributed by atoms with Crippen LogP contribution in [0.25, 0.3) is 20.8 Å². The Labute approximate surface area is 195 Å². The Kier molecular flexibility index (Phi) is 6.99. The molecule has 0 spiro atoms. The summed E-state index contributed by atoms with van der Waals surface area (Å²) in [5, 5.41) is 20.1. The Balaban J connectivity index is 1.80. The van der Waals surface area contributed by atoms with Crippen LogP contribution in [0.2, 0.25) is 0 Å². The summed E-state index contributed by atoms with van der Waals surface area (Å²) in [5.41, 5.74) is 3.41. The zero-order valence-electron chi connectivity index (χ0n) is 16.8. The number of allylic oxidation sites excluding steroid dienone is 2. The zero-order chi connectivity index (χ0) is 22.2. The highest BCUT2D eigenvalue weighted by Crippen LogP contribution is 2.42. The average Bonchev–Trinajstić information content (AvgIpc) is 2.85. The van der Waals surface area contributed by atoms with Gasteiger partial charge < -0.3 is 0 Å². The minimum absolute atomic E-state index is 0.679. The zero-order valence-corrected chi connectivity index (χ0v) is 18.5. The molecule has 0 amide bonds. The summed E-state index contributed by atoms with van der Waals surface area (Å²) < 4.78 is 0. The predicted molar refractivity (Wildman–Crippen MR) is 131 cm³/mol. The number of hydrogen-bond donors (Lipinski definition) is 0. The summed E-state index contributed by atoms with van der Waals surface area (Å²) in [5.74, 6) is 0. The molecule has 152 valence electrons. The number of para-hydroxylation sites is 2. The molecular formula is C26H16N4S2. The third-order valence-corrected chi connectivity index (χ3v) is 6.66. The molecule has 0 unspecified atom stereocenters. The van der Waals surface area contributed by atoms with Gasteiger partial charge in [0.2, 0.25) is 0 Å². The van der Waals surface area contributed by atoms with E-state index in [1.165, 1.54) is 35.7 Å². The van der Waals surface area contributed by atoms with Crippen molar-refractivity contribution in [1.82, 2.24) is 9.97 Å². The lowest BCUT2D eigenvalue weighted by Gasteiger charge is -2.12. The molecule has 0 atom stereocenters. The van der Waals surface area contributed by atoms with Crippen LogP contribution in [0.15, 0.2) is 107 Å². The summed E-state index contributed by atoms with van der Waals surface area (Å²) >= 11 is 2.79. The Morgan fingerprint density at radius 2 is 0.969 bits per heavy atom. The molecule has 4 rings (SSSR count). The van der Waals surface area contributed by atoms with Gasteiger partial charge in [-0.3, -0.25) is 0 Å². The third-order valence-electron chi connectivity index (χ3n) is 4.43. The second kappa shape index (κ2) is 10.5. The second-order valence-corrected chi connectivity index (χ2v) is 8.60. The van der Waals surface area contributed by atoms with Crippen molar-refractivity contribution < 1.29 is 0 Å². The first-order chi connectivity index (χ1) is 15.8. The number of aromatic nitrogens is 2. The molecule has 0 radical (unpaired) electrons. The molecule has 1 aromatic heterocycles. The first kappa shape index (κ1) is 21.4. The first-order valence-electron chi connectivity index (χ1n) is 9.71. The third kappa shape index (κ3) is 5.07. The van der Waals surface area contributed by atoms with Crippen molar-refractivity contribution in [1.29, 1.82) is 10.5 Å². The molecule has 0 bridgehead atoms. The number of nitrogens with zero attached hydrogens (tertiary/aromatic N) is 4. The molecule has 0 saturated carbocycles. The van der Waals surface area contributed by atoms with Crippen LogP contribution < -0.4 is 0 Å². The average molecular weight is 449 g/mol. The van der Waals surface area contributed by atoms with E-state index in [1.807, 2.05) is 84.9 Å². The lowest BCUT2D eigenvalue weighted by Crippen LogP contribution is -1.94.